The molecule has 3 rings (SSSR count). The van der Waals surface area contributed by atoms with Crippen molar-refractivity contribution in [3.8, 4) is 0 Å². The molecular weight excluding hydrogens is 250 g/mol. The minimum Gasteiger partial charge on any atom is -0.398 e. The molecule has 2 heterocycles. The number of hydrogen-bond donors (Lipinski definition) is 1. The maximum Gasteiger partial charge on any atom is 0.255 e. The molecule has 4 heteroatoms. The molecule has 1 aromatic heterocycles. The van der Waals surface area contributed by atoms with Crippen LogP contribution >= 0.6 is 0 Å². The summed E-state index contributed by atoms with van der Waals surface area (Å²) in [6.07, 6.45) is 6.18. The van der Waals surface area contributed by atoms with Gasteiger partial charge in [0, 0.05) is 37.2 Å². The molecule has 4 nitrogen and oxygen atoms in total. The Morgan fingerprint density at radius 1 is 1.05 bits per heavy atom. The lowest BCUT2D eigenvalue weighted by Crippen LogP contribution is -2.39. The molecule has 1 amide bonds. The third-order valence-corrected chi connectivity index (χ3v) is 3.99. The largest absolute Gasteiger partial charge is 0.398 e. The number of para-hydroxylation sites is 1. The van der Waals surface area contributed by atoms with E-state index in [9.17, 15) is 4.79 Å². The third-order valence-electron chi connectivity index (χ3n) is 3.99. The Labute approximate surface area is 118 Å². The number of anilines is 1. The fraction of sp³-hybridized carbons (Fsp3) is 0.312. The second-order valence-corrected chi connectivity index (χ2v) is 5.24. The standard InChI is InChI=1S/C16H19N3O/c17-15-6-2-1-5-14(15)16(20)19-11-7-13(8-12-19)18-9-3-4-10-18/h1-6,9-10,13H,7-8,11-12,17H2. The van der Waals surface area contributed by atoms with Crippen molar-refractivity contribution in [3.05, 3.63) is 54.4 Å². The van der Waals surface area contributed by atoms with Crippen molar-refractivity contribution in [2.45, 2.75) is 18.9 Å². The monoisotopic (exact) mass is 269 g/mol. The van der Waals surface area contributed by atoms with Gasteiger partial charge in [-0.1, -0.05) is 12.1 Å². The van der Waals surface area contributed by atoms with Crippen molar-refractivity contribution in [1.82, 2.24) is 9.47 Å². The zero-order valence-electron chi connectivity index (χ0n) is 11.4. The molecule has 1 fully saturated rings. The molecule has 0 aliphatic carbocycles. The summed E-state index contributed by atoms with van der Waals surface area (Å²) in [6.45, 7) is 1.58. The van der Waals surface area contributed by atoms with Gasteiger partial charge in [-0.05, 0) is 37.1 Å². The maximum atomic E-state index is 12.5. The lowest BCUT2D eigenvalue weighted by Gasteiger charge is -2.33. The van der Waals surface area contributed by atoms with E-state index < -0.39 is 0 Å². The predicted molar refractivity (Wildman–Crippen MR) is 79.5 cm³/mol. The lowest BCUT2D eigenvalue weighted by molar-refractivity contribution is 0.0696. The van der Waals surface area contributed by atoms with Gasteiger partial charge < -0.3 is 15.2 Å². The van der Waals surface area contributed by atoms with Crippen LogP contribution in [0.25, 0.3) is 0 Å². The van der Waals surface area contributed by atoms with Crippen molar-refractivity contribution in [2.75, 3.05) is 18.8 Å². The molecule has 104 valence electrons. The van der Waals surface area contributed by atoms with Crippen LogP contribution in [0.1, 0.15) is 29.2 Å². The summed E-state index contributed by atoms with van der Waals surface area (Å²) >= 11 is 0. The van der Waals surface area contributed by atoms with Gasteiger partial charge >= 0.3 is 0 Å². The fourth-order valence-corrected chi connectivity index (χ4v) is 2.82. The average molecular weight is 269 g/mol. The van der Waals surface area contributed by atoms with E-state index in [1.54, 1.807) is 12.1 Å². The van der Waals surface area contributed by atoms with E-state index >= 15 is 0 Å². The van der Waals surface area contributed by atoms with Gasteiger partial charge in [0.15, 0.2) is 0 Å². The number of nitrogen functional groups attached to an aromatic ring is 1. The summed E-state index contributed by atoms with van der Waals surface area (Å²) in [5.74, 6) is 0.0501. The Morgan fingerprint density at radius 3 is 2.35 bits per heavy atom. The highest BCUT2D eigenvalue weighted by atomic mass is 16.2. The molecule has 2 N–H and O–H groups in total. The van der Waals surface area contributed by atoms with E-state index in [0.717, 1.165) is 25.9 Å². The number of nitrogens with zero attached hydrogens (tertiary/aromatic N) is 2. The molecule has 1 aromatic carbocycles. The molecule has 2 aromatic rings. The van der Waals surface area contributed by atoms with Gasteiger partial charge in [-0.2, -0.15) is 0 Å². The van der Waals surface area contributed by atoms with Crippen LogP contribution in [0.5, 0.6) is 0 Å². The van der Waals surface area contributed by atoms with E-state index in [1.807, 2.05) is 29.2 Å². The van der Waals surface area contributed by atoms with Crippen molar-refractivity contribution >= 4 is 11.6 Å². The van der Waals surface area contributed by atoms with Crippen molar-refractivity contribution in [2.24, 2.45) is 0 Å². The third kappa shape index (κ3) is 2.41. The van der Waals surface area contributed by atoms with Gasteiger partial charge in [0.05, 0.1) is 5.56 Å². The van der Waals surface area contributed by atoms with Gasteiger partial charge in [0.1, 0.15) is 0 Å². The zero-order chi connectivity index (χ0) is 13.9. The molecule has 1 aliphatic heterocycles. The first-order valence-electron chi connectivity index (χ1n) is 7.02. The minimum absolute atomic E-state index is 0.0501. The normalized spacial score (nSPS) is 16.3. The van der Waals surface area contributed by atoms with Crippen LogP contribution in [-0.4, -0.2) is 28.5 Å². The van der Waals surface area contributed by atoms with Gasteiger partial charge in [-0.25, -0.2) is 0 Å². The number of piperidine rings is 1. The first-order chi connectivity index (χ1) is 9.75. The Hall–Kier alpha value is -2.23. The predicted octanol–water partition coefficient (Wildman–Crippen LogP) is 2.55. The van der Waals surface area contributed by atoms with E-state index in [4.69, 9.17) is 5.73 Å². The van der Waals surface area contributed by atoms with Gasteiger partial charge in [-0.15, -0.1) is 0 Å². The summed E-state index contributed by atoms with van der Waals surface area (Å²) in [7, 11) is 0. The fourth-order valence-electron chi connectivity index (χ4n) is 2.82. The van der Waals surface area contributed by atoms with Crippen LogP contribution in [-0.2, 0) is 0 Å². The van der Waals surface area contributed by atoms with Crippen LogP contribution in [0.2, 0.25) is 0 Å². The molecule has 0 saturated carbocycles. The molecule has 0 unspecified atom stereocenters. The van der Waals surface area contributed by atoms with Gasteiger partial charge in [0.2, 0.25) is 0 Å². The smallest absolute Gasteiger partial charge is 0.255 e. The Bertz CT molecular complexity index is 584. The Kier molecular flexibility index (Phi) is 3.46. The topological polar surface area (TPSA) is 51.3 Å². The molecule has 20 heavy (non-hydrogen) atoms. The van der Waals surface area contributed by atoms with Crippen LogP contribution in [0, 0.1) is 0 Å². The van der Waals surface area contributed by atoms with Gasteiger partial charge in [0.25, 0.3) is 5.91 Å². The highest BCUT2D eigenvalue weighted by Gasteiger charge is 2.24. The number of nitrogens with two attached hydrogens (primary N) is 1. The SMILES string of the molecule is Nc1ccccc1C(=O)N1CCC(n2cccc2)CC1. The average Bonchev–Trinajstić information content (AvgIpc) is 3.01. The molecule has 0 radical (unpaired) electrons. The minimum atomic E-state index is 0.0501. The van der Waals surface area contributed by atoms with Crippen molar-refractivity contribution < 1.29 is 4.79 Å². The summed E-state index contributed by atoms with van der Waals surface area (Å²) in [5, 5.41) is 0. The lowest BCUT2D eigenvalue weighted by atomic mass is 10.0. The quantitative estimate of drug-likeness (QED) is 0.852. The molecule has 0 bridgehead atoms. The van der Waals surface area contributed by atoms with Crippen molar-refractivity contribution in [1.29, 1.82) is 0 Å². The van der Waals surface area contributed by atoms with Crippen LogP contribution in [0.3, 0.4) is 0 Å². The van der Waals surface area contributed by atoms with Crippen LogP contribution in [0.15, 0.2) is 48.8 Å². The number of likely N-dealkylation sites (tertiary alicyclic amines) is 1. The number of aromatic nitrogens is 1. The maximum absolute atomic E-state index is 12.5. The summed E-state index contributed by atoms with van der Waals surface area (Å²) < 4.78 is 2.23. The van der Waals surface area contributed by atoms with Crippen LogP contribution < -0.4 is 5.73 Å². The Balaban J connectivity index is 1.66. The number of hydrogen-bond acceptors (Lipinski definition) is 2. The highest BCUT2D eigenvalue weighted by Crippen LogP contribution is 2.24. The van der Waals surface area contributed by atoms with E-state index in [1.165, 1.54) is 0 Å². The first kappa shape index (κ1) is 12.8. The molecule has 1 saturated heterocycles. The second kappa shape index (κ2) is 5.41. The van der Waals surface area contributed by atoms with E-state index in [-0.39, 0.29) is 5.91 Å². The summed E-state index contributed by atoms with van der Waals surface area (Å²) in [6, 6.07) is 11.9. The number of amides is 1. The molecule has 0 atom stereocenters. The number of carbonyl (C=O) groups excluding carboxylic acids is 1. The van der Waals surface area contributed by atoms with Gasteiger partial charge in [-0.3, -0.25) is 4.79 Å². The van der Waals surface area contributed by atoms with Crippen LogP contribution in [0.4, 0.5) is 5.69 Å². The summed E-state index contributed by atoms with van der Waals surface area (Å²) in [4.78, 5) is 14.4. The first-order valence-corrected chi connectivity index (χ1v) is 7.02. The molecular formula is C16H19N3O. The Morgan fingerprint density at radius 2 is 1.70 bits per heavy atom. The highest BCUT2D eigenvalue weighted by molar-refractivity contribution is 5.99. The van der Waals surface area contributed by atoms with Crippen molar-refractivity contribution in [3.63, 3.8) is 0 Å². The molecule has 1 aliphatic rings. The van der Waals surface area contributed by atoms with E-state index in [0.29, 0.717) is 17.3 Å². The number of rotatable bonds is 2. The molecule has 0 spiro atoms. The van der Waals surface area contributed by atoms with E-state index in [2.05, 4.69) is 17.0 Å². The zero-order valence-corrected chi connectivity index (χ0v) is 11.4. The summed E-state index contributed by atoms with van der Waals surface area (Å²) in [5.41, 5.74) is 7.06. The number of benzene rings is 1. The second-order valence-electron chi connectivity index (χ2n) is 5.24. The number of carbonyl (C=O) groups is 1.